The molecule has 3 rings (SSSR count). The number of esters is 2. The Hall–Kier alpha value is -3.02. The maximum Gasteiger partial charge on any atom is 0.374 e. The molecule has 6 heteroatoms. The number of para-hydroxylation sites is 1. The summed E-state index contributed by atoms with van der Waals surface area (Å²) in [6, 6.07) is 10.3. The molecule has 0 saturated heterocycles. The second kappa shape index (κ2) is 6.62. The summed E-state index contributed by atoms with van der Waals surface area (Å²) in [5.74, 6) is -0.431. The molecule has 3 aromatic rings. The minimum Gasteiger partial charge on any atom is -0.460 e. The standard InChI is InChI=1S/C18H16O6/c1-3-21-18(20)16-13(12-6-4-5-7-14(12)24-16)10-22-17(19)15-9-8-11(2)23-15/h4-9H,3,10H2,1-2H3. The minimum atomic E-state index is -0.608. The van der Waals surface area contributed by atoms with E-state index in [1.165, 1.54) is 6.07 Å². The Morgan fingerprint density at radius 2 is 1.79 bits per heavy atom. The Morgan fingerprint density at radius 3 is 2.50 bits per heavy atom. The van der Waals surface area contributed by atoms with Gasteiger partial charge in [-0.05, 0) is 32.0 Å². The number of fused-ring (bicyclic) bond motifs is 1. The van der Waals surface area contributed by atoms with Gasteiger partial charge in [-0.15, -0.1) is 0 Å². The third-order valence-electron chi connectivity index (χ3n) is 3.45. The van der Waals surface area contributed by atoms with Crippen molar-refractivity contribution in [2.45, 2.75) is 20.5 Å². The van der Waals surface area contributed by atoms with Crippen LogP contribution in [-0.4, -0.2) is 18.5 Å². The summed E-state index contributed by atoms with van der Waals surface area (Å²) in [5.41, 5.74) is 1.00. The van der Waals surface area contributed by atoms with E-state index in [0.29, 0.717) is 22.3 Å². The maximum absolute atomic E-state index is 12.1. The number of aryl methyl sites for hydroxylation is 1. The van der Waals surface area contributed by atoms with Gasteiger partial charge in [0.15, 0.2) is 0 Å². The molecule has 0 N–H and O–H groups in total. The smallest absolute Gasteiger partial charge is 0.374 e. The van der Waals surface area contributed by atoms with Crippen LogP contribution in [0.1, 0.15) is 39.4 Å². The number of hydrogen-bond donors (Lipinski definition) is 0. The van der Waals surface area contributed by atoms with E-state index in [4.69, 9.17) is 18.3 Å². The summed E-state index contributed by atoms with van der Waals surface area (Å²) in [4.78, 5) is 24.1. The molecule has 0 saturated carbocycles. The van der Waals surface area contributed by atoms with Crippen molar-refractivity contribution in [1.29, 1.82) is 0 Å². The van der Waals surface area contributed by atoms with Crippen LogP contribution in [0.5, 0.6) is 0 Å². The molecule has 0 aliphatic heterocycles. The first-order valence-corrected chi connectivity index (χ1v) is 7.51. The topological polar surface area (TPSA) is 78.9 Å². The zero-order chi connectivity index (χ0) is 17.1. The minimum absolute atomic E-state index is 0.0430. The lowest BCUT2D eigenvalue weighted by molar-refractivity contribution is 0.0410. The molecular formula is C18H16O6. The predicted octanol–water partition coefficient (Wildman–Crippen LogP) is 3.87. The molecule has 0 aliphatic rings. The molecule has 6 nitrogen and oxygen atoms in total. The number of rotatable bonds is 5. The second-order valence-corrected chi connectivity index (χ2v) is 5.11. The second-order valence-electron chi connectivity index (χ2n) is 5.11. The lowest BCUT2D eigenvalue weighted by Gasteiger charge is -2.04. The average molecular weight is 328 g/mol. The largest absolute Gasteiger partial charge is 0.460 e. The maximum atomic E-state index is 12.1. The molecule has 24 heavy (non-hydrogen) atoms. The molecule has 2 aromatic heterocycles. The van der Waals surface area contributed by atoms with Crippen LogP contribution in [0.15, 0.2) is 45.2 Å². The first kappa shape index (κ1) is 15.9. The number of benzene rings is 1. The van der Waals surface area contributed by atoms with Crippen molar-refractivity contribution in [3.05, 3.63) is 59.2 Å². The zero-order valence-electron chi connectivity index (χ0n) is 13.3. The van der Waals surface area contributed by atoms with E-state index in [1.807, 2.05) is 6.07 Å². The fourth-order valence-electron chi connectivity index (χ4n) is 2.36. The van der Waals surface area contributed by atoms with Crippen molar-refractivity contribution in [2.24, 2.45) is 0 Å². The fourth-order valence-corrected chi connectivity index (χ4v) is 2.36. The van der Waals surface area contributed by atoms with Crippen molar-refractivity contribution in [2.75, 3.05) is 6.61 Å². The Kier molecular flexibility index (Phi) is 4.37. The van der Waals surface area contributed by atoms with Crippen LogP contribution in [0, 0.1) is 6.92 Å². The average Bonchev–Trinajstić information content (AvgIpc) is 3.16. The van der Waals surface area contributed by atoms with Gasteiger partial charge < -0.3 is 18.3 Å². The van der Waals surface area contributed by atoms with Crippen LogP contribution in [0.25, 0.3) is 11.0 Å². The number of carbonyl (C=O) groups is 2. The zero-order valence-corrected chi connectivity index (χ0v) is 13.3. The summed E-state index contributed by atoms with van der Waals surface area (Å²) in [5, 5.41) is 0.698. The van der Waals surface area contributed by atoms with Crippen LogP contribution in [0.3, 0.4) is 0 Å². The van der Waals surface area contributed by atoms with E-state index >= 15 is 0 Å². The number of furan rings is 2. The molecule has 0 atom stereocenters. The highest BCUT2D eigenvalue weighted by molar-refractivity contribution is 5.96. The molecular weight excluding hydrogens is 312 g/mol. The van der Waals surface area contributed by atoms with Crippen molar-refractivity contribution >= 4 is 22.9 Å². The Morgan fingerprint density at radius 1 is 1.00 bits per heavy atom. The number of hydrogen-bond acceptors (Lipinski definition) is 6. The lowest BCUT2D eigenvalue weighted by atomic mass is 10.1. The van der Waals surface area contributed by atoms with Crippen LogP contribution in [0.4, 0.5) is 0 Å². The van der Waals surface area contributed by atoms with E-state index in [1.54, 1.807) is 38.1 Å². The van der Waals surface area contributed by atoms with Crippen molar-refractivity contribution in [3.63, 3.8) is 0 Å². The Bertz CT molecular complexity index is 886. The third kappa shape index (κ3) is 3.03. The predicted molar refractivity (Wildman–Crippen MR) is 84.7 cm³/mol. The van der Waals surface area contributed by atoms with Gasteiger partial charge >= 0.3 is 11.9 Å². The summed E-state index contributed by atoms with van der Waals surface area (Å²) < 4.78 is 21.1. The SMILES string of the molecule is CCOC(=O)c1oc2ccccc2c1COC(=O)c1ccc(C)o1. The fraction of sp³-hybridized carbons (Fsp3) is 0.222. The highest BCUT2D eigenvalue weighted by Gasteiger charge is 2.23. The molecule has 0 spiro atoms. The van der Waals surface area contributed by atoms with Gasteiger partial charge in [0, 0.05) is 5.39 Å². The molecule has 0 radical (unpaired) electrons. The molecule has 1 aromatic carbocycles. The van der Waals surface area contributed by atoms with E-state index in [0.717, 1.165) is 0 Å². The summed E-state index contributed by atoms with van der Waals surface area (Å²) in [6.07, 6.45) is 0. The van der Waals surface area contributed by atoms with Gasteiger partial charge in [-0.1, -0.05) is 18.2 Å². The van der Waals surface area contributed by atoms with Gasteiger partial charge in [0.05, 0.1) is 12.2 Å². The third-order valence-corrected chi connectivity index (χ3v) is 3.45. The number of carbonyl (C=O) groups excluding carboxylic acids is 2. The van der Waals surface area contributed by atoms with Gasteiger partial charge in [-0.3, -0.25) is 0 Å². The quantitative estimate of drug-likeness (QED) is 0.662. The Balaban J connectivity index is 1.88. The Labute approximate surface area is 137 Å². The van der Waals surface area contributed by atoms with Gasteiger partial charge in [0.2, 0.25) is 11.5 Å². The lowest BCUT2D eigenvalue weighted by Crippen LogP contribution is -2.09. The van der Waals surface area contributed by atoms with E-state index in [-0.39, 0.29) is 24.7 Å². The molecule has 124 valence electrons. The van der Waals surface area contributed by atoms with Crippen molar-refractivity contribution < 1.29 is 27.9 Å². The van der Waals surface area contributed by atoms with Crippen LogP contribution >= 0.6 is 0 Å². The molecule has 2 heterocycles. The molecule has 0 unspecified atom stereocenters. The van der Waals surface area contributed by atoms with E-state index in [9.17, 15) is 9.59 Å². The van der Waals surface area contributed by atoms with Crippen LogP contribution in [-0.2, 0) is 16.1 Å². The highest BCUT2D eigenvalue weighted by atomic mass is 16.6. The van der Waals surface area contributed by atoms with Gasteiger partial charge in [0.25, 0.3) is 0 Å². The van der Waals surface area contributed by atoms with E-state index in [2.05, 4.69) is 0 Å². The normalized spacial score (nSPS) is 10.8. The summed E-state index contributed by atoms with van der Waals surface area (Å²) in [6.45, 7) is 3.54. The number of ether oxygens (including phenoxy) is 2. The van der Waals surface area contributed by atoms with Gasteiger partial charge in [-0.2, -0.15) is 0 Å². The van der Waals surface area contributed by atoms with Crippen molar-refractivity contribution in [1.82, 2.24) is 0 Å². The van der Waals surface area contributed by atoms with Gasteiger partial charge in [0.1, 0.15) is 18.0 Å². The monoisotopic (exact) mass is 328 g/mol. The first-order chi connectivity index (χ1) is 11.6. The molecule has 0 amide bonds. The van der Waals surface area contributed by atoms with Crippen LogP contribution in [0.2, 0.25) is 0 Å². The van der Waals surface area contributed by atoms with Crippen molar-refractivity contribution in [3.8, 4) is 0 Å². The summed E-state index contributed by atoms with van der Waals surface area (Å²) >= 11 is 0. The van der Waals surface area contributed by atoms with Gasteiger partial charge in [-0.25, -0.2) is 9.59 Å². The highest BCUT2D eigenvalue weighted by Crippen LogP contribution is 2.27. The molecule has 0 aliphatic carbocycles. The molecule has 0 bridgehead atoms. The van der Waals surface area contributed by atoms with Crippen LogP contribution < -0.4 is 0 Å². The summed E-state index contributed by atoms with van der Waals surface area (Å²) in [7, 11) is 0. The molecule has 0 fully saturated rings. The first-order valence-electron chi connectivity index (χ1n) is 7.51. The van der Waals surface area contributed by atoms with E-state index < -0.39 is 11.9 Å².